The largest absolute Gasteiger partial charge is 0.462 e. The Balaban J connectivity index is 4.45. The van der Waals surface area contributed by atoms with E-state index < -0.39 is 6.10 Å². The average Bonchev–Trinajstić information content (AvgIpc) is 3.17. The fourth-order valence-corrected chi connectivity index (χ4v) is 5.51. The minimum absolute atomic E-state index is 0.101. The lowest BCUT2D eigenvalue weighted by Crippen LogP contribution is -2.30. The summed E-state index contributed by atoms with van der Waals surface area (Å²) in [4.78, 5) is 37.6. The van der Waals surface area contributed by atoms with E-state index in [1.165, 1.54) is 25.7 Å². The number of esters is 3. The maximum Gasteiger partial charge on any atom is 0.306 e. The van der Waals surface area contributed by atoms with E-state index in [0.717, 1.165) is 116 Å². The summed E-state index contributed by atoms with van der Waals surface area (Å²) in [5.74, 6) is -0.979. The Bertz CT molecular complexity index is 1090. The van der Waals surface area contributed by atoms with Crippen LogP contribution in [-0.2, 0) is 28.6 Å². The zero-order valence-electron chi connectivity index (χ0n) is 34.7. The molecule has 0 rings (SSSR count). The summed E-state index contributed by atoms with van der Waals surface area (Å²) in [6.07, 6.45) is 52.9. The second kappa shape index (κ2) is 42.3. The Morgan fingerprint density at radius 2 is 0.759 bits per heavy atom. The molecule has 0 heterocycles. The van der Waals surface area contributed by atoms with E-state index in [4.69, 9.17) is 14.2 Å². The first kappa shape index (κ1) is 50.6. The van der Waals surface area contributed by atoms with Gasteiger partial charge in [0.05, 0.1) is 0 Å². The number of carbonyl (C=O) groups excluding carboxylic acids is 3. The molecule has 0 aromatic rings. The molecule has 0 saturated carbocycles. The van der Waals surface area contributed by atoms with E-state index >= 15 is 0 Å². The van der Waals surface area contributed by atoms with Crippen molar-refractivity contribution in [1.29, 1.82) is 0 Å². The lowest BCUT2D eigenvalue weighted by atomic mass is 10.1. The first-order valence-electron chi connectivity index (χ1n) is 21.6. The molecule has 0 bridgehead atoms. The van der Waals surface area contributed by atoms with Gasteiger partial charge >= 0.3 is 17.9 Å². The fraction of sp³-hybridized carbons (Fsp3) is 0.646. The summed E-state index contributed by atoms with van der Waals surface area (Å²) in [5.41, 5.74) is 0. The maximum absolute atomic E-state index is 12.7. The average molecular weight is 751 g/mol. The van der Waals surface area contributed by atoms with Crippen molar-refractivity contribution in [2.75, 3.05) is 13.2 Å². The summed E-state index contributed by atoms with van der Waals surface area (Å²) in [6.45, 7) is 6.19. The molecule has 1 unspecified atom stereocenters. The summed E-state index contributed by atoms with van der Waals surface area (Å²) in [5, 5.41) is 0. The van der Waals surface area contributed by atoms with Gasteiger partial charge in [-0.1, -0.05) is 157 Å². The summed E-state index contributed by atoms with van der Waals surface area (Å²) >= 11 is 0. The van der Waals surface area contributed by atoms with Crippen LogP contribution < -0.4 is 0 Å². The number of rotatable bonds is 37. The standard InChI is InChI=1S/C48H78O6/c1-4-7-10-13-16-19-21-23-25-26-29-32-35-38-41-47(50)53-44-45(43-52-46(49)40-37-34-31-28-18-15-12-9-6-3)54-48(51)42-39-36-33-30-27-24-22-20-17-14-11-8-5-2/h7-12,14,16-20,22,28,45H,4-6,13,15,21,23-27,29-44H2,1-3H3/b10-7-,11-8-,12-9-,17-14-,19-16-,22-20-,28-18-. The molecule has 0 amide bonds. The second-order valence-corrected chi connectivity index (χ2v) is 13.9. The third kappa shape index (κ3) is 39.8. The molecule has 0 radical (unpaired) electrons. The minimum atomic E-state index is -0.801. The number of hydrogen-bond donors (Lipinski definition) is 0. The maximum atomic E-state index is 12.7. The van der Waals surface area contributed by atoms with Crippen molar-refractivity contribution in [3.8, 4) is 0 Å². The van der Waals surface area contributed by atoms with Gasteiger partial charge in [-0.15, -0.1) is 0 Å². The van der Waals surface area contributed by atoms with Gasteiger partial charge in [-0.25, -0.2) is 0 Å². The predicted molar refractivity (Wildman–Crippen MR) is 228 cm³/mol. The zero-order valence-corrected chi connectivity index (χ0v) is 34.7. The smallest absolute Gasteiger partial charge is 0.306 e. The zero-order chi connectivity index (χ0) is 39.4. The normalized spacial score (nSPS) is 12.9. The van der Waals surface area contributed by atoms with Crippen LogP contribution in [0.2, 0.25) is 0 Å². The van der Waals surface area contributed by atoms with Gasteiger partial charge < -0.3 is 14.2 Å². The highest BCUT2D eigenvalue weighted by Crippen LogP contribution is 2.13. The number of allylic oxidation sites excluding steroid dienone is 14. The van der Waals surface area contributed by atoms with Crippen LogP contribution in [0.3, 0.4) is 0 Å². The van der Waals surface area contributed by atoms with Gasteiger partial charge in [0.1, 0.15) is 13.2 Å². The van der Waals surface area contributed by atoms with Gasteiger partial charge in [0, 0.05) is 19.3 Å². The Labute approximate surface area is 331 Å². The van der Waals surface area contributed by atoms with Crippen molar-refractivity contribution in [2.24, 2.45) is 0 Å². The Hall–Kier alpha value is -3.41. The Morgan fingerprint density at radius 1 is 0.389 bits per heavy atom. The summed E-state index contributed by atoms with van der Waals surface area (Å²) < 4.78 is 16.6. The number of hydrogen-bond acceptors (Lipinski definition) is 6. The van der Waals surface area contributed by atoms with Gasteiger partial charge in [-0.3, -0.25) is 14.4 Å². The van der Waals surface area contributed by atoms with Gasteiger partial charge in [0.25, 0.3) is 0 Å². The van der Waals surface area contributed by atoms with E-state index in [9.17, 15) is 14.4 Å². The Kier molecular flexibility index (Phi) is 39.7. The molecule has 1 atom stereocenters. The third-order valence-electron chi connectivity index (χ3n) is 8.69. The van der Waals surface area contributed by atoms with Crippen LogP contribution in [0.4, 0.5) is 0 Å². The lowest BCUT2D eigenvalue weighted by molar-refractivity contribution is -0.167. The quantitative estimate of drug-likeness (QED) is 0.0207. The molecular weight excluding hydrogens is 673 g/mol. The topological polar surface area (TPSA) is 78.9 Å². The second-order valence-electron chi connectivity index (χ2n) is 13.9. The monoisotopic (exact) mass is 751 g/mol. The lowest BCUT2D eigenvalue weighted by Gasteiger charge is -2.18. The highest BCUT2D eigenvalue weighted by Gasteiger charge is 2.19. The highest BCUT2D eigenvalue weighted by molar-refractivity contribution is 5.71. The summed E-state index contributed by atoms with van der Waals surface area (Å²) in [6, 6.07) is 0. The molecule has 0 N–H and O–H groups in total. The molecule has 0 aliphatic rings. The molecule has 306 valence electrons. The van der Waals surface area contributed by atoms with Crippen molar-refractivity contribution in [3.63, 3.8) is 0 Å². The first-order chi connectivity index (χ1) is 26.5. The van der Waals surface area contributed by atoms with Crippen LogP contribution in [-0.4, -0.2) is 37.2 Å². The van der Waals surface area contributed by atoms with Crippen LogP contribution in [0.15, 0.2) is 85.1 Å². The molecule has 0 aliphatic heterocycles. The highest BCUT2D eigenvalue weighted by atomic mass is 16.6. The van der Waals surface area contributed by atoms with E-state index in [2.05, 4.69) is 99.8 Å². The molecule has 0 aromatic carbocycles. The summed E-state index contributed by atoms with van der Waals surface area (Å²) in [7, 11) is 0. The van der Waals surface area contributed by atoms with Gasteiger partial charge in [0.2, 0.25) is 0 Å². The molecule has 0 aliphatic carbocycles. The van der Waals surface area contributed by atoms with E-state index in [1.807, 2.05) is 6.08 Å². The van der Waals surface area contributed by atoms with Crippen molar-refractivity contribution in [1.82, 2.24) is 0 Å². The van der Waals surface area contributed by atoms with E-state index in [0.29, 0.717) is 19.3 Å². The predicted octanol–water partition coefficient (Wildman–Crippen LogP) is 13.7. The van der Waals surface area contributed by atoms with Crippen LogP contribution in [0, 0.1) is 0 Å². The van der Waals surface area contributed by atoms with E-state index in [1.54, 1.807) is 0 Å². The van der Waals surface area contributed by atoms with Crippen molar-refractivity contribution >= 4 is 17.9 Å². The molecule has 6 nitrogen and oxygen atoms in total. The van der Waals surface area contributed by atoms with E-state index in [-0.39, 0.29) is 31.1 Å². The SMILES string of the molecule is CC\C=C/C=C\C=C/CCCCCCCC(=O)OC(COC(=O)CCCC/C=C\C/C=C\CC)COC(=O)CCCCCCCCC/C=C\C/C=C\CC. The first-order valence-corrected chi connectivity index (χ1v) is 21.6. The molecule has 6 heteroatoms. The third-order valence-corrected chi connectivity index (χ3v) is 8.69. The van der Waals surface area contributed by atoms with Gasteiger partial charge in [0.15, 0.2) is 6.10 Å². The molecule has 54 heavy (non-hydrogen) atoms. The van der Waals surface area contributed by atoms with Gasteiger partial charge in [-0.2, -0.15) is 0 Å². The van der Waals surface area contributed by atoms with Crippen molar-refractivity contribution in [3.05, 3.63) is 85.1 Å². The number of unbranched alkanes of at least 4 members (excludes halogenated alkanes) is 14. The van der Waals surface area contributed by atoms with Crippen molar-refractivity contribution < 1.29 is 28.6 Å². The molecule has 0 spiro atoms. The number of ether oxygens (including phenoxy) is 3. The molecular formula is C48H78O6. The van der Waals surface area contributed by atoms with Crippen LogP contribution in [0.5, 0.6) is 0 Å². The van der Waals surface area contributed by atoms with Crippen LogP contribution in [0.1, 0.15) is 181 Å². The molecule has 0 fully saturated rings. The van der Waals surface area contributed by atoms with Crippen LogP contribution in [0.25, 0.3) is 0 Å². The van der Waals surface area contributed by atoms with Crippen LogP contribution >= 0.6 is 0 Å². The fourth-order valence-electron chi connectivity index (χ4n) is 5.51. The molecule has 0 saturated heterocycles. The van der Waals surface area contributed by atoms with Gasteiger partial charge in [-0.05, 0) is 89.9 Å². The number of carbonyl (C=O) groups is 3. The molecule has 0 aromatic heterocycles. The van der Waals surface area contributed by atoms with Crippen molar-refractivity contribution in [2.45, 2.75) is 187 Å². The Morgan fingerprint density at radius 3 is 1.26 bits per heavy atom. The minimum Gasteiger partial charge on any atom is -0.462 e.